The number of hydrogen-bond acceptors (Lipinski definition) is 3. The number of nitrogens with one attached hydrogen (secondary N) is 2. The van der Waals surface area contributed by atoms with Gasteiger partial charge >= 0.3 is 0 Å². The Hall–Kier alpha value is -3.73. The van der Waals surface area contributed by atoms with Gasteiger partial charge in [0.15, 0.2) is 0 Å². The van der Waals surface area contributed by atoms with Gasteiger partial charge in [0, 0.05) is 35.1 Å². The van der Waals surface area contributed by atoms with E-state index in [4.69, 9.17) is 9.47 Å². The molecular weight excluding hydrogens is 388 g/mol. The van der Waals surface area contributed by atoms with Crippen molar-refractivity contribution in [3.63, 3.8) is 0 Å². The maximum Gasteiger partial charge on any atom is 0.251 e. The predicted molar refractivity (Wildman–Crippen MR) is 123 cm³/mol. The van der Waals surface area contributed by atoms with Crippen molar-refractivity contribution in [3.8, 4) is 11.5 Å². The highest BCUT2D eigenvalue weighted by Gasteiger charge is 2.19. The Bertz CT molecular complexity index is 1150. The number of hydrogen-bond donors (Lipinski definition) is 2. The number of carbonyl (C=O) groups excluding carboxylic acids is 1. The van der Waals surface area contributed by atoms with Crippen molar-refractivity contribution in [2.75, 3.05) is 20.3 Å². The lowest BCUT2D eigenvalue weighted by Crippen LogP contribution is -2.28. The fourth-order valence-electron chi connectivity index (χ4n) is 3.79. The van der Waals surface area contributed by atoms with Crippen LogP contribution in [0, 0.1) is 0 Å². The highest BCUT2D eigenvalue weighted by atomic mass is 16.5. The van der Waals surface area contributed by atoms with Crippen LogP contribution in [0.4, 0.5) is 0 Å². The van der Waals surface area contributed by atoms with Gasteiger partial charge in [0.25, 0.3) is 5.91 Å². The largest absolute Gasteiger partial charge is 0.497 e. The van der Waals surface area contributed by atoms with Crippen LogP contribution in [0.3, 0.4) is 0 Å². The average Bonchev–Trinajstić information content (AvgIpc) is 3.24. The number of fused-ring (bicyclic) bond motifs is 1. The summed E-state index contributed by atoms with van der Waals surface area (Å²) in [6, 6.07) is 23.4. The van der Waals surface area contributed by atoms with E-state index in [-0.39, 0.29) is 11.8 Å². The SMILES string of the molecule is CCOc1ccc(C(=O)NCC(c2ccc(OC)cc2)c2c[nH]c3ccccc23)cc1. The summed E-state index contributed by atoms with van der Waals surface area (Å²) in [5.74, 6) is 1.45. The van der Waals surface area contributed by atoms with Gasteiger partial charge in [-0.25, -0.2) is 0 Å². The third-order valence-electron chi connectivity index (χ3n) is 5.41. The topological polar surface area (TPSA) is 63.4 Å². The first-order valence-corrected chi connectivity index (χ1v) is 10.4. The van der Waals surface area contributed by atoms with E-state index >= 15 is 0 Å². The van der Waals surface area contributed by atoms with Gasteiger partial charge in [-0.05, 0) is 60.5 Å². The molecule has 0 aliphatic heterocycles. The summed E-state index contributed by atoms with van der Waals surface area (Å²) in [6.45, 7) is 3.00. The van der Waals surface area contributed by atoms with Crippen LogP contribution in [0.1, 0.15) is 34.3 Å². The molecule has 5 nitrogen and oxygen atoms in total. The molecule has 3 aromatic carbocycles. The second-order valence-corrected chi connectivity index (χ2v) is 7.28. The molecule has 0 fully saturated rings. The molecule has 5 heteroatoms. The molecule has 0 aliphatic rings. The first-order valence-electron chi connectivity index (χ1n) is 10.4. The first kappa shape index (κ1) is 20.5. The monoisotopic (exact) mass is 414 g/mol. The van der Waals surface area contributed by atoms with Crippen LogP contribution >= 0.6 is 0 Å². The second kappa shape index (κ2) is 9.39. The first-order chi connectivity index (χ1) is 15.2. The maximum absolute atomic E-state index is 12.8. The van der Waals surface area contributed by atoms with Crippen molar-refractivity contribution in [1.29, 1.82) is 0 Å². The summed E-state index contributed by atoms with van der Waals surface area (Å²) in [5.41, 5.74) is 3.94. The number of amides is 1. The van der Waals surface area contributed by atoms with Crippen LogP contribution in [-0.4, -0.2) is 31.2 Å². The molecule has 158 valence electrons. The highest BCUT2D eigenvalue weighted by Crippen LogP contribution is 2.31. The van der Waals surface area contributed by atoms with Crippen LogP contribution in [0.2, 0.25) is 0 Å². The molecule has 0 radical (unpaired) electrons. The summed E-state index contributed by atoms with van der Waals surface area (Å²) < 4.78 is 10.8. The lowest BCUT2D eigenvalue weighted by Gasteiger charge is -2.19. The molecular formula is C26H26N2O3. The second-order valence-electron chi connectivity index (χ2n) is 7.28. The number of methoxy groups -OCH3 is 1. The minimum atomic E-state index is -0.110. The number of rotatable bonds is 8. The third kappa shape index (κ3) is 4.56. The zero-order chi connectivity index (χ0) is 21.6. The van der Waals surface area contributed by atoms with Crippen LogP contribution in [0.25, 0.3) is 10.9 Å². The quantitative estimate of drug-likeness (QED) is 0.420. The summed E-state index contributed by atoms with van der Waals surface area (Å²) in [4.78, 5) is 16.2. The molecule has 4 rings (SSSR count). The van der Waals surface area contributed by atoms with E-state index in [1.807, 2.05) is 61.7 Å². The van der Waals surface area contributed by atoms with Crippen molar-refractivity contribution in [1.82, 2.24) is 10.3 Å². The van der Waals surface area contributed by atoms with E-state index in [1.165, 1.54) is 0 Å². The molecule has 0 aliphatic carbocycles. The van der Waals surface area contributed by atoms with E-state index in [9.17, 15) is 4.79 Å². The number of benzene rings is 3. The lowest BCUT2D eigenvalue weighted by atomic mass is 9.90. The molecule has 1 aromatic heterocycles. The fraction of sp³-hybridized carbons (Fsp3) is 0.192. The van der Waals surface area contributed by atoms with E-state index < -0.39 is 0 Å². The van der Waals surface area contributed by atoms with Crippen LogP contribution < -0.4 is 14.8 Å². The van der Waals surface area contributed by atoms with Crippen LogP contribution in [0.15, 0.2) is 79.0 Å². The van der Waals surface area contributed by atoms with Crippen molar-refractivity contribution >= 4 is 16.8 Å². The van der Waals surface area contributed by atoms with Gasteiger partial charge in [-0.15, -0.1) is 0 Å². The van der Waals surface area contributed by atoms with Gasteiger partial charge in [0.2, 0.25) is 0 Å². The summed E-state index contributed by atoms with van der Waals surface area (Å²) in [6.07, 6.45) is 2.03. The molecule has 0 spiro atoms. The van der Waals surface area contributed by atoms with Crippen LogP contribution in [0.5, 0.6) is 11.5 Å². The molecule has 0 saturated carbocycles. The van der Waals surface area contributed by atoms with Gasteiger partial charge in [0.05, 0.1) is 13.7 Å². The van der Waals surface area contributed by atoms with Crippen molar-refractivity contribution in [3.05, 3.63) is 95.7 Å². The van der Waals surface area contributed by atoms with Crippen molar-refractivity contribution < 1.29 is 14.3 Å². The summed E-state index contributed by atoms with van der Waals surface area (Å²) in [5, 5.41) is 4.26. The Labute approximate surface area is 182 Å². The maximum atomic E-state index is 12.8. The number of ether oxygens (including phenoxy) is 2. The van der Waals surface area contributed by atoms with Crippen LogP contribution in [-0.2, 0) is 0 Å². The minimum Gasteiger partial charge on any atom is -0.497 e. The normalized spacial score (nSPS) is 11.8. The van der Waals surface area contributed by atoms with Gasteiger partial charge in [-0.3, -0.25) is 4.79 Å². The Morgan fingerprint density at radius 1 is 0.968 bits per heavy atom. The van der Waals surface area contributed by atoms with Gasteiger partial charge < -0.3 is 19.8 Å². The minimum absolute atomic E-state index is 0.00583. The number of para-hydroxylation sites is 1. The number of carbonyl (C=O) groups is 1. The molecule has 1 atom stereocenters. The molecule has 31 heavy (non-hydrogen) atoms. The van der Waals surface area contributed by atoms with E-state index in [0.29, 0.717) is 18.7 Å². The molecule has 2 N–H and O–H groups in total. The van der Waals surface area contributed by atoms with Crippen molar-refractivity contribution in [2.45, 2.75) is 12.8 Å². The molecule has 0 bridgehead atoms. The molecule has 1 unspecified atom stereocenters. The number of aromatic amines is 1. The number of H-pyrrole nitrogens is 1. The number of aromatic nitrogens is 1. The fourth-order valence-corrected chi connectivity index (χ4v) is 3.79. The Morgan fingerprint density at radius 3 is 2.39 bits per heavy atom. The standard InChI is InChI=1S/C26H26N2O3/c1-3-31-21-14-10-19(11-15-21)26(29)28-16-23(18-8-12-20(30-2)13-9-18)24-17-27-25-7-5-4-6-22(24)25/h4-15,17,23,27H,3,16H2,1-2H3,(H,28,29). The average molecular weight is 415 g/mol. The predicted octanol–water partition coefficient (Wildman–Crippen LogP) is 5.14. The highest BCUT2D eigenvalue weighted by molar-refractivity contribution is 5.94. The van der Waals surface area contributed by atoms with E-state index in [0.717, 1.165) is 33.5 Å². The molecule has 1 amide bonds. The Morgan fingerprint density at radius 2 is 1.68 bits per heavy atom. The zero-order valence-electron chi connectivity index (χ0n) is 17.7. The lowest BCUT2D eigenvalue weighted by molar-refractivity contribution is 0.0952. The van der Waals surface area contributed by atoms with Gasteiger partial charge in [-0.1, -0.05) is 30.3 Å². The molecule has 0 saturated heterocycles. The van der Waals surface area contributed by atoms with E-state index in [2.05, 4.69) is 22.4 Å². The third-order valence-corrected chi connectivity index (χ3v) is 5.41. The smallest absolute Gasteiger partial charge is 0.251 e. The summed E-state index contributed by atoms with van der Waals surface area (Å²) >= 11 is 0. The Kier molecular flexibility index (Phi) is 6.22. The van der Waals surface area contributed by atoms with E-state index in [1.54, 1.807) is 19.2 Å². The molecule has 4 aromatic rings. The zero-order valence-corrected chi connectivity index (χ0v) is 17.7. The van der Waals surface area contributed by atoms with Crippen molar-refractivity contribution in [2.24, 2.45) is 0 Å². The summed E-state index contributed by atoms with van der Waals surface area (Å²) in [7, 11) is 1.66. The van der Waals surface area contributed by atoms with Gasteiger partial charge in [-0.2, -0.15) is 0 Å². The Balaban J connectivity index is 1.59. The molecule has 1 heterocycles. The van der Waals surface area contributed by atoms with Gasteiger partial charge in [0.1, 0.15) is 11.5 Å².